The molecule has 1 aliphatic rings. The highest BCUT2D eigenvalue weighted by molar-refractivity contribution is 5.32. The van der Waals surface area contributed by atoms with Crippen LogP contribution in [-0.2, 0) is 13.0 Å². The van der Waals surface area contributed by atoms with Gasteiger partial charge in [0.05, 0.1) is 0 Å². The van der Waals surface area contributed by atoms with Gasteiger partial charge in [-0.15, -0.1) is 0 Å². The second-order valence-electron chi connectivity index (χ2n) is 8.01. The summed E-state index contributed by atoms with van der Waals surface area (Å²) in [5.41, 5.74) is 3.51. The summed E-state index contributed by atoms with van der Waals surface area (Å²) in [7, 11) is 0. The van der Waals surface area contributed by atoms with Gasteiger partial charge >= 0.3 is 0 Å². The Morgan fingerprint density at radius 3 is 2.26 bits per heavy atom. The van der Waals surface area contributed by atoms with E-state index < -0.39 is 0 Å². The maximum Gasteiger partial charge on any atom is 0.165 e. The highest BCUT2D eigenvalue weighted by atomic mass is 19.1. The second kappa shape index (κ2) is 9.92. The van der Waals surface area contributed by atoms with Crippen LogP contribution < -0.4 is 4.74 Å². The third-order valence-corrected chi connectivity index (χ3v) is 6.07. The minimum atomic E-state index is -0.231. The van der Waals surface area contributed by atoms with E-state index in [4.69, 9.17) is 4.74 Å². The number of halogens is 1. The quantitative estimate of drug-likeness (QED) is 0.471. The first-order valence-electron chi connectivity index (χ1n) is 10.7. The smallest absolute Gasteiger partial charge is 0.165 e. The molecule has 0 saturated heterocycles. The Balaban J connectivity index is 1.54. The molecule has 0 heterocycles. The van der Waals surface area contributed by atoms with Gasteiger partial charge in [0.15, 0.2) is 11.6 Å². The summed E-state index contributed by atoms with van der Waals surface area (Å²) in [4.78, 5) is 0. The van der Waals surface area contributed by atoms with Crippen LogP contribution in [0.5, 0.6) is 5.75 Å². The lowest BCUT2D eigenvalue weighted by Crippen LogP contribution is -2.13. The average molecular weight is 369 g/mol. The molecule has 0 unspecified atom stereocenters. The Labute approximate surface area is 164 Å². The summed E-state index contributed by atoms with van der Waals surface area (Å²) in [5.74, 6) is 1.52. The fourth-order valence-corrected chi connectivity index (χ4v) is 4.20. The van der Waals surface area contributed by atoms with Crippen molar-refractivity contribution in [2.45, 2.75) is 77.7 Å². The largest absolute Gasteiger partial charge is 0.486 e. The third-order valence-electron chi connectivity index (χ3n) is 6.07. The molecule has 0 aliphatic heterocycles. The zero-order chi connectivity index (χ0) is 19.1. The monoisotopic (exact) mass is 368 g/mol. The molecule has 0 spiro atoms. The molecule has 0 N–H and O–H groups in total. The highest BCUT2D eigenvalue weighted by Crippen LogP contribution is 2.38. The SMILES string of the molecule is CCCC[C@H]1CC[C@H](c2ccc(OCc3ccc(CC)cc3)c(F)c2)CC1. The van der Waals surface area contributed by atoms with E-state index in [1.54, 1.807) is 6.07 Å². The number of hydrogen-bond acceptors (Lipinski definition) is 1. The Morgan fingerprint density at radius 1 is 0.926 bits per heavy atom. The Morgan fingerprint density at radius 2 is 1.63 bits per heavy atom. The molecule has 0 bridgehead atoms. The van der Waals surface area contributed by atoms with Crippen molar-refractivity contribution in [1.29, 1.82) is 0 Å². The Hall–Kier alpha value is -1.83. The molecule has 0 atom stereocenters. The summed E-state index contributed by atoms with van der Waals surface area (Å²) >= 11 is 0. The van der Waals surface area contributed by atoms with E-state index >= 15 is 0 Å². The standard InChI is InChI=1S/C25H33FO/c1-3-5-6-20-11-13-22(14-12-20)23-15-16-25(24(26)17-23)27-18-21-9-7-19(4-2)8-10-21/h7-10,15-17,20,22H,3-6,11-14,18H2,1-2H3/t20-,22-. The van der Waals surface area contributed by atoms with Crippen molar-refractivity contribution in [2.24, 2.45) is 5.92 Å². The van der Waals surface area contributed by atoms with Gasteiger partial charge in [-0.05, 0) is 72.8 Å². The molecule has 3 rings (SSSR count). The molecule has 146 valence electrons. The van der Waals surface area contributed by atoms with Gasteiger partial charge in [-0.25, -0.2) is 4.39 Å². The molecule has 1 nitrogen and oxygen atoms in total. The van der Waals surface area contributed by atoms with Crippen LogP contribution in [0.3, 0.4) is 0 Å². The first kappa shape index (κ1) is 19.9. The first-order chi connectivity index (χ1) is 13.2. The molecule has 27 heavy (non-hydrogen) atoms. The fraction of sp³-hybridized carbons (Fsp3) is 0.520. The highest BCUT2D eigenvalue weighted by Gasteiger charge is 2.22. The number of rotatable bonds is 8. The van der Waals surface area contributed by atoms with Crippen molar-refractivity contribution in [3.63, 3.8) is 0 Å². The summed E-state index contributed by atoms with van der Waals surface area (Å²) in [6.07, 6.45) is 9.99. The topological polar surface area (TPSA) is 9.23 Å². The molecule has 2 aromatic carbocycles. The third kappa shape index (κ3) is 5.57. The maximum atomic E-state index is 14.5. The number of benzene rings is 2. The summed E-state index contributed by atoms with van der Waals surface area (Å²) in [5, 5.41) is 0. The van der Waals surface area contributed by atoms with E-state index in [0.717, 1.165) is 23.5 Å². The fourth-order valence-electron chi connectivity index (χ4n) is 4.20. The van der Waals surface area contributed by atoms with E-state index in [0.29, 0.717) is 18.3 Å². The molecular weight excluding hydrogens is 335 g/mol. The summed E-state index contributed by atoms with van der Waals surface area (Å²) in [6, 6.07) is 13.9. The van der Waals surface area contributed by atoms with Crippen LogP contribution in [0.4, 0.5) is 4.39 Å². The van der Waals surface area contributed by atoms with E-state index in [1.807, 2.05) is 6.07 Å². The van der Waals surface area contributed by atoms with Crippen molar-refractivity contribution >= 4 is 0 Å². The van der Waals surface area contributed by atoms with Crippen molar-refractivity contribution in [1.82, 2.24) is 0 Å². The second-order valence-corrected chi connectivity index (χ2v) is 8.01. The molecule has 0 aromatic heterocycles. The van der Waals surface area contributed by atoms with Crippen LogP contribution in [0, 0.1) is 11.7 Å². The van der Waals surface area contributed by atoms with Crippen molar-refractivity contribution in [2.75, 3.05) is 0 Å². The van der Waals surface area contributed by atoms with Gasteiger partial charge in [0.1, 0.15) is 6.61 Å². The van der Waals surface area contributed by atoms with Crippen LogP contribution in [0.25, 0.3) is 0 Å². The van der Waals surface area contributed by atoms with Gasteiger partial charge in [-0.1, -0.05) is 63.4 Å². The average Bonchev–Trinajstić information content (AvgIpc) is 2.72. The van der Waals surface area contributed by atoms with E-state index in [1.165, 1.54) is 50.5 Å². The molecule has 0 amide bonds. The molecule has 1 saturated carbocycles. The van der Waals surface area contributed by atoms with Crippen molar-refractivity contribution in [3.8, 4) is 5.75 Å². The van der Waals surface area contributed by atoms with E-state index in [2.05, 4.69) is 44.2 Å². The molecule has 1 aliphatic carbocycles. The normalized spacial score (nSPS) is 19.8. The predicted molar refractivity (Wildman–Crippen MR) is 111 cm³/mol. The first-order valence-corrected chi connectivity index (χ1v) is 10.7. The van der Waals surface area contributed by atoms with Crippen molar-refractivity contribution < 1.29 is 9.13 Å². The number of ether oxygens (including phenoxy) is 1. The number of hydrogen-bond donors (Lipinski definition) is 0. The van der Waals surface area contributed by atoms with Crippen LogP contribution in [-0.4, -0.2) is 0 Å². The maximum absolute atomic E-state index is 14.5. The minimum absolute atomic E-state index is 0.231. The number of unbranched alkanes of at least 4 members (excludes halogenated alkanes) is 1. The Bertz CT molecular complexity index is 699. The van der Waals surface area contributed by atoms with Crippen LogP contribution in [0.15, 0.2) is 42.5 Å². The van der Waals surface area contributed by atoms with Crippen LogP contribution in [0.2, 0.25) is 0 Å². The molecule has 1 fully saturated rings. The lowest BCUT2D eigenvalue weighted by atomic mass is 9.77. The van der Waals surface area contributed by atoms with Crippen LogP contribution in [0.1, 0.15) is 81.4 Å². The van der Waals surface area contributed by atoms with Crippen molar-refractivity contribution in [3.05, 3.63) is 65.0 Å². The van der Waals surface area contributed by atoms with Gasteiger partial charge in [-0.2, -0.15) is 0 Å². The summed E-state index contributed by atoms with van der Waals surface area (Å²) < 4.78 is 20.3. The lowest BCUT2D eigenvalue weighted by molar-refractivity contribution is 0.288. The van der Waals surface area contributed by atoms with Gasteiger partial charge < -0.3 is 4.74 Å². The van der Waals surface area contributed by atoms with Gasteiger partial charge in [0.25, 0.3) is 0 Å². The molecule has 0 radical (unpaired) electrons. The zero-order valence-corrected chi connectivity index (χ0v) is 16.8. The van der Waals surface area contributed by atoms with Gasteiger partial charge in [-0.3, -0.25) is 0 Å². The van der Waals surface area contributed by atoms with E-state index in [9.17, 15) is 4.39 Å². The molecule has 2 heteroatoms. The minimum Gasteiger partial charge on any atom is -0.486 e. The van der Waals surface area contributed by atoms with Crippen LogP contribution >= 0.6 is 0 Å². The van der Waals surface area contributed by atoms with Gasteiger partial charge in [0, 0.05) is 0 Å². The predicted octanol–water partition coefficient (Wildman–Crippen LogP) is 7.43. The Kier molecular flexibility index (Phi) is 7.32. The number of aryl methyl sites for hydroxylation is 1. The lowest BCUT2D eigenvalue weighted by Gasteiger charge is -2.29. The molecule has 2 aromatic rings. The molecular formula is C25H33FO. The van der Waals surface area contributed by atoms with E-state index in [-0.39, 0.29) is 5.82 Å². The zero-order valence-electron chi connectivity index (χ0n) is 16.8. The van der Waals surface area contributed by atoms with Gasteiger partial charge in [0.2, 0.25) is 0 Å². The summed E-state index contributed by atoms with van der Waals surface area (Å²) in [6.45, 7) is 4.81.